The highest BCUT2D eigenvalue weighted by Crippen LogP contribution is 2.55. The molecule has 0 spiro atoms. The van der Waals surface area contributed by atoms with Crippen LogP contribution in [0.2, 0.25) is 0 Å². The Hall–Kier alpha value is -15.9. The number of nitrogens with zero attached hydrogens (tertiary/aromatic N) is 4. The summed E-state index contributed by atoms with van der Waals surface area (Å²) < 4.78 is 9.74. The number of rotatable bonds is 7. The highest BCUT2D eigenvalue weighted by Gasteiger charge is 2.29. The van der Waals surface area contributed by atoms with Crippen LogP contribution in [0, 0.1) is 0 Å². The largest absolute Gasteiger partial charge is 0.309 e. The van der Waals surface area contributed by atoms with Gasteiger partial charge in [-0.3, -0.25) is 0 Å². The molecule has 0 fully saturated rings. The van der Waals surface area contributed by atoms with Gasteiger partial charge in [-0.2, -0.15) is 0 Å². The van der Waals surface area contributed by atoms with Crippen LogP contribution in [0.4, 0.5) is 0 Å². The number of hydrogen-bond acceptors (Lipinski definition) is 0. The predicted molar refractivity (Wildman–Crippen MR) is 507 cm³/mol. The Labute approximate surface area is 690 Å². The molecule has 4 nitrogen and oxygen atoms in total. The minimum absolute atomic E-state index is 1.16. The molecule has 0 radical (unpaired) electrons. The maximum Gasteiger partial charge on any atom is 0.0547 e. The van der Waals surface area contributed by atoms with Gasteiger partial charge in [0.25, 0.3) is 0 Å². The fourth-order valence-electron chi connectivity index (χ4n) is 21.6. The van der Waals surface area contributed by atoms with Crippen LogP contribution in [-0.4, -0.2) is 18.3 Å². The molecule has 21 aromatic carbocycles. The van der Waals surface area contributed by atoms with Crippen LogP contribution in [0.5, 0.6) is 0 Å². The quantitative estimate of drug-likeness (QED) is 0.142. The van der Waals surface area contributed by atoms with E-state index < -0.39 is 0 Å². The molecule has 3 aliphatic carbocycles. The Morgan fingerprint density at radius 2 is 0.417 bits per heavy atom. The van der Waals surface area contributed by atoms with Gasteiger partial charge in [0, 0.05) is 65.8 Å². The van der Waals surface area contributed by atoms with Crippen molar-refractivity contribution in [3.8, 4) is 123 Å². The Kier molecular flexibility index (Phi) is 13.5. The fraction of sp³-hybridized carbons (Fsp3) is 0. The molecule has 0 amide bonds. The van der Waals surface area contributed by atoms with Crippen molar-refractivity contribution < 1.29 is 0 Å². The van der Waals surface area contributed by atoms with E-state index in [0.29, 0.717) is 0 Å². The smallest absolute Gasteiger partial charge is 0.0547 e. The number of aromatic nitrogens is 4. The topological polar surface area (TPSA) is 19.7 Å². The zero-order valence-corrected chi connectivity index (χ0v) is 65.0. The van der Waals surface area contributed by atoms with Crippen molar-refractivity contribution in [3.63, 3.8) is 0 Å². The monoisotopic (exact) mass is 1520 g/mol. The van der Waals surface area contributed by atoms with Crippen molar-refractivity contribution in [3.05, 3.63) is 413 Å². The molecule has 552 valence electrons. The van der Waals surface area contributed by atoms with Gasteiger partial charge in [0.15, 0.2) is 0 Å². The first-order valence-electron chi connectivity index (χ1n) is 41.7. The Balaban J connectivity index is 0.000000130. The molecular formula is C116H68N4. The van der Waals surface area contributed by atoms with E-state index in [1.165, 1.54) is 258 Å². The zero-order valence-electron chi connectivity index (χ0n) is 65.0. The van der Waals surface area contributed by atoms with Crippen LogP contribution < -0.4 is 0 Å². The lowest BCUT2D eigenvalue weighted by Gasteiger charge is -2.12. The van der Waals surface area contributed by atoms with Crippen molar-refractivity contribution in [1.82, 2.24) is 18.3 Å². The van der Waals surface area contributed by atoms with Gasteiger partial charge in [0.2, 0.25) is 0 Å². The second-order valence-electron chi connectivity index (χ2n) is 32.9. The zero-order chi connectivity index (χ0) is 78.1. The molecule has 0 saturated heterocycles. The lowest BCUT2D eigenvalue weighted by Crippen LogP contribution is -1.95. The molecule has 25 aromatic rings. The first-order chi connectivity index (χ1) is 59.5. The molecule has 0 bridgehead atoms. The highest BCUT2D eigenvalue weighted by atomic mass is 15.0. The van der Waals surface area contributed by atoms with E-state index in [4.69, 9.17) is 0 Å². The van der Waals surface area contributed by atoms with Crippen molar-refractivity contribution in [2.75, 3.05) is 0 Å². The van der Waals surface area contributed by atoms with Gasteiger partial charge in [-0.05, 0) is 281 Å². The van der Waals surface area contributed by atoms with Gasteiger partial charge in [0.1, 0.15) is 0 Å². The van der Waals surface area contributed by atoms with Crippen LogP contribution in [0.15, 0.2) is 413 Å². The molecule has 0 N–H and O–H groups in total. The van der Waals surface area contributed by atoms with Gasteiger partial charge in [-0.25, -0.2) is 0 Å². The molecule has 4 aromatic heterocycles. The Morgan fingerprint density at radius 1 is 0.117 bits per heavy atom. The summed E-state index contributed by atoms with van der Waals surface area (Å²) in [7, 11) is 0. The molecule has 0 atom stereocenters. The molecule has 0 aliphatic heterocycles. The van der Waals surface area contributed by atoms with Gasteiger partial charge in [0.05, 0.1) is 44.1 Å². The van der Waals surface area contributed by atoms with Crippen LogP contribution in [-0.2, 0) is 0 Å². The van der Waals surface area contributed by atoms with E-state index in [-0.39, 0.29) is 0 Å². The third-order valence-corrected chi connectivity index (χ3v) is 26.8. The van der Waals surface area contributed by atoms with Crippen LogP contribution in [0.3, 0.4) is 0 Å². The third-order valence-electron chi connectivity index (χ3n) is 26.8. The number of hydrogen-bond donors (Lipinski definition) is 0. The SMILES string of the molecule is c1ccc(-n2c3ccccc3c3cc(-c4ccc5c(c4)c4ccccc4n5-c4ccc(-c5ccc6c7c(cccc57)-c5ccccc5-6)cc4)ccc32)cc1.c1ccc2c(c1)cc1c3c(cccc32)-c2cc(-n3c4ccccc4c4ccc(-c5ccc6c(c5)c5ccccc5n6-c5ccc6c(c5)-c5cc7ccccc7c7cccc-6c57)cc43)ccc2-1. The first-order valence-corrected chi connectivity index (χ1v) is 41.7. The van der Waals surface area contributed by atoms with E-state index in [0.717, 1.165) is 5.69 Å². The summed E-state index contributed by atoms with van der Waals surface area (Å²) in [6.07, 6.45) is 0. The molecule has 4 heterocycles. The average Bonchev–Trinajstić information content (AvgIpc) is 1.56. The van der Waals surface area contributed by atoms with Gasteiger partial charge in [-0.15, -0.1) is 0 Å². The normalized spacial score (nSPS) is 12.3. The summed E-state index contributed by atoms with van der Waals surface area (Å²) >= 11 is 0. The van der Waals surface area contributed by atoms with Crippen molar-refractivity contribution >= 4 is 141 Å². The second-order valence-corrected chi connectivity index (χ2v) is 32.9. The van der Waals surface area contributed by atoms with Gasteiger partial charge >= 0.3 is 0 Å². The summed E-state index contributed by atoms with van der Waals surface area (Å²) in [6.45, 7) is 0. The predicted octanol–water partition coefficient (Wildman–Crippen LogP) is 31.5. The fourth-order valence-corrected chi connectivity index (χ4v) is 21.6. The third kappa shape index (κ3) is 9.24. The lowest BCUT2D eigenvalue weighted by atomic mass is 9.94. The summed E-state index contributed by atoms with van der Waals surface area (Å²) in [6, 6.07) is 153. The minimum Gasteiger partial charge on any atom is -0.309 e. The molecule has 0 saturated carbocycles. The number of fused-ring (bicyclic) bond motifs is 25. The Morgan fingerprint density at radius 3 is 0.942 bits per heavy atom. The summed E-state index contributed by atoms with van der Waals surface area (Å²) in [5.74, 6) is 0. The molecular weight excluding hydrogens is 1450 g/mol. The van der Waals surface area contributed by atoms with E-state index in [9.17, 15) is 0 Å². The first kappa shape index (κ1) is 65.4. The lowest BCUT2D eigenvalue weighted by molar-refractivity contribution is 1.18. The maximum absolute atomic E-state index is 2.48. The van der Waals surface area contributed by atoms with Crippen molar-refractivity contribution in [2.45, 2.75) is 0 Å². The molecule has 120 heavy (non-hydrogen) atoms. The summed E-state index contributed by atoms with van der Waals surface area (Å²) in [5.41, 5.74) is 37.5. The van der Waals surface area contributed by atoms with E-state index >= 15 is 0 Å². The minimum atomic E-state index is 1.16. The van der Waals surface area contributed by atoms with E-state index in [1.54, 1.807) is 0 Å². The van der Waals surface area contributed by atoms with E-state index in [2.05, 4.69) is 431 Å². The summed E-state index contributed by atoms with van der Waals surface area (Å²) in [5, 5.41) is 23.3. The molecule has 28 rings (SSSR count). The maximum atomic E-state index is 2.48. The number of benzene rings is 21. The van der Waals surface area contributed by atoms with Crippen LogP contribution >= 0.6 is 0 Å². The van der Waals surface area contributed by atoms with Gasteiger partial charge < -0.3 is 18.3 Å². The molecule has 0 unspecified atom stereocenters. The molecule has 3 aliphatic rings. The van der Waals surface area contributed by atoms with E-state index in [1.807, 2.05) is 0 Å². The standard InChI is InChI=1S/C64H36N2.C52H32N2/c1-3-13-43-39(11-1)32-57-46-29-26-42(35-54(46)53-20-10-18-51(43)64(53)57)66-59-21-7-5-15-47(59)49-27-23-38(34-62(49)66)37-24-30-61-56(31-37)48-16-6-8-22-60(48)65(61)41-25-28-45-52-19-9-17-50-44-14-4-2-12-40(44)33-58(63(50)52)55(45)36-41;1-2-11-36(12-3-1)53-48-19-8-6-15-41(48)46-31-34(23-29-50(46)53)35-24-30-51-47(32-35)42-16-7-9-20-49(42)54(51)37-25-21-33(22-26-37)38-27-28-45-40-14-5-4-13-39(40)44-18-10-17-43(38)52(44)45/h1-36H;1-32H. The second kappa shape index (κ2) is 24.8. The average molecular weight is 1520 g/mol. The Bertz CT molecular complexity index is 8810. The molecule has 4 heteroatoms. The van der Waals surface area contributed by atoms with Crippen LogP contribution in [0.25, 0.3) is 264 Å². The van der Waals surface area contributed by atoms with Crippen molar-refractivity contribution in [2.24, 2.45) is 0 Å². The number of para-hydroxylation sites is 5. The highest BCUT2D eigenvalue weighted by molar-refractivity contribution is 6.27. The van der Waals surface area contributed by atoms with Gasteiger partial charge in [-0.1, -0.05) is 285 Å². The summed E-state index contributed by atoms with van der Waals surface area (Å²) in [4.78, 5) is 0. The van der Waals surface area contributed by atoms with Crippen molar-refractivity contribution in [1.29, 1.82) is 0 Å². The van der Waals surface area contributed by atoms with Crippen LogP contribution in [0.1, 0.15) is 0 Å².